The van der Waals surface area contributed by atoms with Crippen LogP contribution in [0, 0.1) is 0 Å². The Kier molecular flexibility index (Phi) is 36.2. The smallest absolute Gasteiger partial charge is 0.494 e. The lowest BCUT2D eigenvalue weighted by molar-refractivity contribution is -0.928. The largest absolute Gasteiger partial charge is 0.508 e. The van der Waals surface area contributed by atoms with Gasteiger partial charge in [0.2, 0.25) is 0 Å². The molecule has 4 aromatic rings. The van der Waals surface area contributed by atoms with Crippen molar-refractivity contribution in [2.45, 2.75) is 26.2 Å². The molecule has 21 nitrogen and oxygen atoms in total. The molecule has 0 heterocycles. The van der Waals surface area contributed by atoms with Crippen LogP contribution in [0.1, 0.15) is 26.2 Å². The summed E-state index contributed by atoms with van der Waals surface area (Å²) < 4.78 is 84.3. The second-order valence-corrected chi connectivity index (χ2v) is 19.8. The number of hydrogen-bond donors (Lipinski definition) is 1. The van der Waals surface area contributed by atoms with Gasteiger partial charge in [-0.2, -0.15) is 28.0 Å². The number of unbranched alkanes of at least 4 members (excludes halogenated alkanes) is 1. The van der Waals surface area contributed by atoms with Gasteiger partial charge in [0.25, 0.3) is 0 Å². The fraction of sp³-hybridized carbons (Fsp3) is 0.481. The maximum Gasteiger partial charge on any atom is 0.508 e. The zero-order valence-corrected chi connectivity index (χ0v) is 48.2. The minimum absolute atomic E-state index is 0.0263. The van der Waals surface area contributed by atoms with Gasteiger partial charge in [-0.3, -0.25) is 0 Å². The molecule has 4 rings (SSSR count). The average Bonchev–Trinajstić information content (AvgIpc) is 3.38. The zero-order valence-electron chi connectivity index (χ0n) is 45.0. The molecule has 3 unspecified atom stereocenters. The van der Waals surface area contributed by atoms with E-state index in [2.05, 4.69) is 48.1 Å². The number of hydrogen-bond acceptors (Lipinski definition) is 20. The van der Waals surface area contributed by atoms with Crippen molar-refractivity contribution in [1.82, 2.24) is 15.2 Å². The Morgan fingerprint density at radius 2 is 0.831 bits per heavy atom. The summed E-state index contributed by atoms with van der Waals surface area (Å²) in [5.41, 5.74) is 3.80. The molecule has 0 fully saturated rings. The number of nitrogens with zero attached hydrogens (tertiary/aromatic N) is 4. The van der Waals surface area contributed by atoms with Crippen molar-refractivity contribution in [3.8, 4) is 33.8 Å². The first kappa shape index (κ1) is 68.0. The molecule has 77 heavy (non-hydrogen) atoms. The van der Waals surface area contributed by atoms with Crippen molar-refractivity contribution in [3.63, 3.8) is 0 Å². The maximum atomic E-state index is 12.2. The molecule has 3 atom stereocenters. The highest BCUT2D eigenvalue weighted by molar-refractivity contribution is 7.79. The van der Waals surface area contributed by atoms with E-state index in [0.717, 1.165) is 35.7 Å². The van der Waals surface area contributed by atoms with Crippen LogP contribution in [0.4, 0.5) is 14.4 Å². The van der Waals surface area contributed by atoms with Crippen molar-refractivity contribution in [1.29, 1.82) is 0 Å². The third-order valence-electron chi connectivity index (χ3n) is 10.5. The van der Waals surface area contributed by atoms with Crippen LogP contribution < -0.4 is 9.47 Å². The third-order valence-corrected chi connectivity index (χ3v) is 12.0. The van der Waals surface area contributed by atoms with E-state index in [9.17, 15) is 32.1 Å². The molecule has 0 aromatic heterocycles. The van der Waals surface area contributed by atoms with Crippen LogP contribution in [0.5, 0.6) is 11.5 Å². The van der Waals surface area contributed by atoms with Gasteiger partial charge in [-0.25, -0.2) is 27.0 Å². The van der Waals surface area contributed by atoms with Crippen LogP contribution in [-0.2, 0) is 69.8 Å². The molecule has 25 heteroatoms. The zero-order chi connectivity index (χ0) is 56.7. The summed E-state index contributed by atoms with van der Waals surface area (Å²) in [7, 11) is 4.69. The first-order valence-electron chi connectivity index (χ1n) is 24.6. The van der Waals surface area contributed by atoms with Crippen LogP contribution in [0.2, 0.25) is 0 Å². The minimum Gasteiger partial charge on any atom is -0.494 e. The third kappa shape index (κ3) is 33.7. The molecular formula is C52H76ClN4O17S3+. The predicted molar refractivity (Wildman–Crippen MR) is 296 cm³/mol. The lowest BCUT2D eigenvalue weighted by atomic mass is 10.1. The maximum absolute atomic E-state index is 12.2. The molecule has 1 N–H and O–H groups in total. The van der Waals surface area contributed by atoms with Gasteiger partial charge < -0.3 is 42.7 Å². The van der Waals surface area contributed by atoms with E-state index in [1.54, 1.807) is 21.1 Å². The highest BCUT2D eigenvalue weighted by Gasteiger charge is 2.28. The standard InChI is InChI=1S/C31H48N3O12S2.C16H18O.C5H10ClNO4S/c1-32(45-47(3)38)15-23-41-30(36)43-25-19-34(18-21-35,20-26-44-31(37)42-24-16-33(2)46-48(4)39)17-8-22-40-29-13-11-28(12-14-29)27-9-6-5-7-10-27;1-2-3-13-17-16-11-9-15(10-12-16)14-7-5-4-6-8-14;1-7(11-12(2)9)3-4-10-5(6)8/h5-7,9-14,35H,8,15-26H2,1-4H3;4-12H,2-3,13H2,1H3;3-4H2,1-2H3/q+1;;. The van der Waals surface area contributed by atoms with Gasteiger partial charge in [0, 0.05) is 57.9 Å². The van der Waals surface area contributed by atoms with Crippen molar-refractivity contribution < 1.29 is 82.6 Å². The normalized spacial score (nSPS) is 12.9. The summed E-state index contributed by atoms with van der Waals surface area (Å²) in [6.07, 6.45) is 5.25. The van der Waals surface area contributed by atoms with E-state index in [1.807, 2.05) is 72.8 Å². The lowest BCUT2D eigenvalue weighted by Gasteiger charge is -2.38. The predicted octanol–water partition coefficient (Wildman–Crippen LogP) is 7.60. The van der Waals surface area contributed by atoms with Gasteiger partial charge in [0.1, 0.15) is 64.2 Å². The fourth-order valence-electron chi connectivity index (χ4n) is 6.70. The van der Waals surface area contributed by atoms with Crippen LogP contribution in [-0.4, -0.2) is 194 Å². The molecule has 0 saturated heterocycles. The van der Waals surface area contributed by atoms with Crippen LogP contribution in [0.15, 0.2) is 109 Å². The Morgan fingerprint density at radius 3 is 1.18 bits per heavy atom. The second kappa shape index (κ2) is 41.0. The summed E-state index contributed by atoms with van der Waals surface area (Å²) >= 11 is 0.538. The molecule has 0 radical (unpaired) electrons. The number of quaternary nitrogens is 1. The molecule has 4 aromatic carbocycles. The lowest BCUT2D eigenvalue weighted by Crippen LogP contribution is -2.54. The SMILES string of the molecule is CCCCOc1ccc(-c2ccccc2)cc1.CN(CCOC(=O)Cl)OS(C)=O.CN(CCOC(=O)OCC[N+](CCO)(CCCOc1ccc(-c2ccccc2)cc1)CCOC(=O)OCCN(C)OS(C)=O)OS(C)=O. The Labute approximate surface area is 465 Å². The van der Waals surface area contributed by atoms with Crippen molar-refractivity contribution >= 4 is 62.6 Å². The number of likely N-dealkylation sites (N-methyl/N-ethyl adjacent to an activating group) is 3. The summed E-state index contributed by atoms with van der Waals surface area (Å²) in [5, 5.41) is 13.8. The van der Waals surface area contributed by atoms with E-state index in [-0.39, 0.29) is 57.2 Å². The monoisotopic (exact) mass is 1160 g/mol. The number of aliphatic hydroxyl groups is 1. The summed E-state index contributed by atoms with van der Waals surface area (Å²) in [6.45, 7) is 5.28. The molecule has 430 valence electrons. The summed E-state index contributed by atoms with van der Waals surface area (Å²) in [5.74, 6) is 1.67. The molecule has 0 spiro atoms. The van der Waals surface area contributed by atoms with Crippen molar-refractivity contribution in [3.05, 3.63) is 109 Å². The molecular weight excluding hydrogens is 1080 g/mol. The molecule has 0 aliphatic rings. The average molecular weight is 1160 g/mol. The van der Waals surface area contributed by atoms with Gasteiger partial charge in [-0.1, -0.05) is 98.3 Å². The molecule has 0 saturated carbocycles. The van der Waals surface area contributed by atoms with Gasteiger partial charge in [0.15, 0.2) is 33.2 Å². The number of benzene rings is 4. The van der Waals surface area contributed by atoms with Crippen molar-refractivity contribution in [2.24, 2.45) is 0 Å². The number of ether oxygens (including phenoxy) is 7. The molecule has 0 bridgehead atoms. The summed E-state index contributed by atoms with van der Waals surface area (Å²) in [6, 6.07) is 36.5. The Balaban J connectivity index is 0.000000561. The molecule has 0 aliphatic heterocycles. The number of rotatable bonds is 34. The van der Waals surface area contributed by atoms with Crippen LogP contribution in [0.3, 0.4) is 0 Å². The quantitative estimate of drug-likeness (QED) is 0.0119. The highest BCUT2D eigenvalue weighted by Crippen LogP contribution is 2.24. The fourth-order valence-corrected chi connectivity index (χ4v) is 8.08. The van der Waals surface area contributed by atoms with Gasteiger partial charge in [-0.05, 0) is 52.9 Å². The molecule has 0 amide bonds. The van der Waals surface area contributed by atoms with Crippen molar-refractivity contribution in [2.75, 3.05) is 139 Å². The van der Waals surface area contributed by atoms with E-state index >= 15 is 0 Å². The Morgan fingerprint density at radius 1 is 0.481 bits per heavy atom. The highest BCUT2D eigenvalue weighted by atomic mass is 35.5. The number of carbonyl (C=O) groups excluding carboxylic acids is 3. The minimum atomic E-state index is -1.50. The number of hydroxylamine groups is 6. The first-order valence-corrected chi connectivity index (χ1v) is 29.4. The number of carbonyl (C=O) groups is 3. The Bertz CT molecular complexity index is 2250. The number of halogens is 1. The van der Waals surface area contributed by atoms with Gasteiger partial charge >= 0.3 is 17.7 Å². The Hall–Kier alpha value is -5.09. The second-order valence-electron chi connectivity index (χ2n) is 16.6. The van der Waals surface area contributed by atoms with Gasteiger partial charge in [0.05, 0.1) is 46.0 Å². The van der Waals surface area contributed by atoms with Crippen LogP contribution in [0.25, 0.3) is 22.3 Å². The van der Waals surface area contributed by atoms with E-state index in [4.69, 9.17) is 52.9 Å². The van der Waals surface area contributed by atoms with Crippen LogP contribution >= 0.6 is 11.6 Å². The van der Waals surface area contributed by atoms with E-state index < -0.39 is 51.0 Å². The molecule has 0 aliphatic carbocycles. The van der Waals surface area contributed by atoms with E-state index in [1.165, 1.54) is 51.5 Å². The number of aliphatic hydroxyl groups excluding tert-OH is 1. The van der Waals surface area contributed by atoms with E-state index in [0.29, 0.717) is 45.8 Å². The van der Waals surface area contributed by atoms with Gasteiger partial charge in [-0.15, -0.1) is 0 Å². The summed E-state index contributed by atoms with van der Waals surface area (Å²) in [4.78, 5) is 34.4. The topological polar surface area (TPSA) is 225 Å². The first-order chi connectivity index (χ1) is 36.9.